The van der Waals surface area contributed by atoms with Crippen LogP contribution in [0.4, 0.5) is 41.7 Å². The zero-order chi connectivity index (χ0) is 57.5. The highest BCUT2D eigenvalue weighted by Crippen LogP contribution is 2.42. The second-order valence-corrected chi connectivity index (χ2v) is 21.5. The Labute approximate surface area is 454 Å². The average molecular weight is 1110 g/mol. The molecule has 2 unspecified atom stereocenters. The second kappa shape index (κ2) is 25.0. The number of nitrogens with zero attached hydrogens (tertiary/aromatic N) is 4. The monoisotopic (exact) mass is 1110 g/mol. The lowest BCUT2D eigenvalue weighted by molar-refractivity contribution is -0.221. The maximum atomic E-state index is 14.6. The standard InChI is InChI=1S/C55H68F6N10O8/c1-52(2,54(56,57)58)46(66-50(75)77-5)48(73)65-43(25-34-10-7-33(8-11-34)9-12-35-15-22-45(64-26-35)69-28-39-20-21-40(29-69)71(39)41-31-79-32-41)44(72)30-70(68-49(74)47(67-51(76)78-6)53(3,4)55(59,60)61)27-36-13-16-37(17-14-36)42(62)23-24-63-38-18-19-38/h7-8,10-11,13-17,22-24,26,38-41,43-44,46-47,62-63,72H,18-21,25,27-32H2,1-6H3,(H,65,73)(H,66,75)(H,67,76)(H,68,74)/b24-23-,62-42?/t39?,40?,43-,44-,46+,47+/m0/s1. The van der Waals surface area contributed by atoms with Gasteiger partial charge < -0.3 is 50.9 Å². The van der Waals surface area contributed by atoms with Gasteiger partial charge in [0.1, 0.15) is 17.9 Å². The molecule has 79 heavy (non-hydrogen) atoms. The van der Waals surface area contributed by atoms with Crippen molar-refractivity contribution >= 4 is 35.5 Å². The maximum absolute atomic E-state index is 14.6. The van der Waals surface area contributed by atoms with Gasteiger partial charge in [-0.05, 0) is 113 Å². The summed E-state index contributed by atoms with van der Waals surface area (Å²) in [7, 11) is 1.78. The molecule has 428 valence electrons. The molecule has 6 atom stereocenters. The van der Waals surface area contributed by atoms with Crippen molar-refractivity contribution in [1.82, 2.24) is 41.6 Å². The predicted octanol–water partition coefficient (Wildman–Crippen LogP) is 5.71. The van der Waals surface area contributed by atoms with Crippen LogP contribution >= 0.6 is 0 Å². The van der Waals surface area contributed by atoms with Gasteiger partial charge in [0.15, 0.2) is 0 Å². The number of alkyl halides is 6. The fourth-order valence-corrected chi connectivity index (χ4v) is 9.61. The summed E-state index contributed by atoms with van der Waals surface area (Å²) in [6.07, 6.45) is -5.74. The molecule has 4 amide bonds. The van der Waals surface area contributed by atoms with Crippen LogP contribution in [0.3, 0.4) is 0 Å². The SMILES string of the molecule is COC(=O)N[C@H](C(=O)N[C@@H](Cc1ccc(C#Cc2ccc(N3CC4CCC(C3)N4C3COC3)nc2)cc1)[C@@H](O)CN(Cc1ccc(C(=N)/C=C\NC2CC2)cc1)NC(=O)[C@@H](NC(=O)OC)C(C)(C)C(F)(F)F)C(C)(C)C(F)(F)F. The summed E-state index contributed by atoms with van der Waals surface area (Å²) in [6, 6.07) is 12.2. The maximum Gasteiger partial charge on any atom is 0.407 e. The number of hydrogen-bond acceptors (Lipinski definition) is 14. The molecule has 18 nitrogen and oxygen atoms in total. The van der Waals surface area contributed by atoms with Gasteiger partial charge in [0, 0.05) is 61.6 Å². The third kappa shape index (κ3) is 15.1. The summed E-state index contributed by atoms with van der Waals surface area (Å²) in [5.74, 6) is 4.27. The molecule has 7 rings (SSSR count). The molecule has 24 heteroatoms. The number of allylic oxidation sites excluding steroid dienone is 1. The number of ether oxygens (including phenoxy) is 3. The molecule has 3 saturated heterocycles. The molecule has 0 radical (unpaired) electrons. The van der Waals surface area contributed by atoms with E-state index in [9.17, 15) is 50.6 Å². The van der Waals surface area contributed by atoms with Gasteiger partial charge >= 0.3 is 24.5 Å². The smallest absolute Gasteiger partial charge is 0.407 e. The molecular formula is C55H68F6N10O8. The van der Waals surface area contributed by atoms with Crippen molar-refractivity contribution in [3.63, 3.8) is 0 Å². The number of anilines is 1. The van der Waals surface area contributed by atoms with Crippen LogP contribution in [0.15, 0.2) is 79.1 Å². The van der Waals surface area contributed by atoms with Gasteiger partial charge in [0.25, 0.3) is 5.91 Å². The number of piperazine rings is 1. The van der Waals surface area contributed by atoms with E-state index in [0.29, 0.717) is 79.7 Å². The van der Waals surface area contributed by atoms with Crippen LogP contribution in [-0.4, -0.2) is 158 Å². The minimum atomic E-state index is -5.07. The Balaban J connectivity index is 1.14. The third-order valence-corrected chi connectivity index (χ3v) is 15.0. The summed E-state index contributed by atoms with van der Waals surface area (Å²) in [6.45, 7) is 5.01. The number of pyridine rings is 1. The first-order valence-electron chi connectivity index (χ1n) is 25.9. The number of benzene rings is 2. The lowest BCUT2D eigenvalue weighted by Gasteiger charge is -2.47. The van der Waals surface area contributed by atoms with Gasteiger partial charge in [0.2, 0.25) is 5.91 Å². The number of carbonyl (C=O) groups is 4. The van der Waals surface area contributed by atoms with E-state index in [2.05, 4.69) is 47.2 Å². The van der Waals surface area contributed by atoms with Crippen molar-refractivity contribution in [3.05, 3.63) is 107 Å². The quantitative estimate of drug-likeness (QED) is 0.0294. The molecule has 2 bridgehead atoms. The van der Waals surface area contributed by atoms with Crippen molar-refractivity contribution in [2.24, 2.45) is 10.8 Å². The van der Waals surface area contributed by atoms with Gasteiger partial charge in [-0.1, -0.05) is 48.2 Å². The first-order valence-corrected chi connectivity index (χ1v) is 25.9. The number of nitrogens with one attached hydrogen (secondary N) is 6. The zero-order valence-corrected chi connectivity index (χ0v) is 44.8. The lowest BCUT2D eigenvalue weighted by atomic mass is 9.82. The number of aliphatic hydroxyl groups is 1. The topological polar surface area (TPSA) is 223 Å². The van der Waals surface area contributed by atoms with E-state index in [1.54, 1.807) is 67.0 Å². The van der Waals surface area contributed by atoms with Crippen LogP contribution in [0, 0.1) is 28.1 Å². The van der Waals surface area contributed by atoms with E-state index < -0.39 is 78.0 Å². The molecule has 3 aromatic rings. The van der Waals surface area contributed by atoms with E-state index >= 15 is 0 Å². The number of rotatable bonds is 21. The number of methoxy groups -OCH3 is 2. The van der Waals surface area contributed by atoms with Crippen LogP contribution in [0.25, 0.3) is 0 Å². The second-order valence-electron chi connectivity index (χ2n) is 21.5. The Hall–Kier alpha value is -6.94. The first-order chi connectivity index (χ1) is 37.3. The Morgan fingerprint density at radius 1 is 0.772 bits per heavy atom. The molecule has 4 aliphatic rings. The molecular weight excluding hydrogens is 1040 g/mol. The van der Waals surface area contributed by atoms with E-state index in [4.69, 9.17) is 15.1 Å². The summed E-state index contributed by atoms with van der Waals surface area (Å²) in [4.78, 5) is 62.7. The van der Waals surface area contributed by atoms with Crippen LogP contribution < -0.4 is 31.6 Å². The Morgan fingerprint density at radius 2 is 1.32 bits per heavy atom. The van der Waals surface area contributed by atoms with E-state index in [-0.39, 0.29) is 18.7 Å². The van der Waals surface area contributed by atoms with Crippen molar-refractivity contribution in [2.75, 3.05) is 52.0 Å². The number of hydrogen-bond donors (Lipinski definition) is 7. The summed E-state index contributed by atoms with van der Waals surface area (Å²) in [5, 5.41) is 31.2. The first kappa shape index (κ1) is 59.7. The van der Waals surface area contributed by atoms with E-state index in [0.717, 1.165) is 77.0 Å². The summed E-state index contributed by atoms with van der Waals surface area (Å²) in [5.41, 5.74) is -0.810. The fourth-order valence-electron chi connectivity index (χ4n) is 9.61. The summed E-state index contributed by atoms with van der Waals surface area (Å²) < 4.78 is 102. The number of carbonyl (C=O) groups excluding carboxylic acids is 4. The number of amides is 4. The third-order valence-electron chi connectivity index (χ3n) is 15.0. The molecule has 4 fully saturated rings. The highest BCUT2D eigenvalue weighted by Gasteiger charge is 2.57. The summed E-state index contributed by atoms with van der Waals surface area (Å²) >= 11 is 0. The molecule has 4 heterocycles. The molecule has 3 aliphatic heterocycles. The highest BCUT2D eigenvalue weighted by molar-refractivity contribution is 6.06. The normalized spacial score (nSPS) is 19.5. The van der Waals surface area contributed by atoms with Gasteiger partial charge in [-0.2, -0.15) is 26.3 Å². The highest BCUT2D eigenvalue weighted by atomic mass is 19.4. The molecule has 1 aromatic heterocycles. The Kier molecular flexibility index (Phi) is 18.9. The molecule has 2 aromatic carbocycles. The van der Waals surface area contributed by atoms with Crippen LogP contribution in [0.5, 0.6) is 0 Å². The number of aromatic nitrogens is 1. The van der Waals surface area contributed by atoms with Crippen molar-refractivity contribution < 1.29 is 64.8 Å². The van der Waals surface area contributed by atoms with Crippen LogP contribution in [0.1, 0.15) is 81.2 Å². The molecule has 7 N–H and O–H groups in total. The number of hydrazine groups is 1. The molecule has 1 aliphatic carbocycles. The Bertz CT molecular complexity index is 2710. The van der Waals surface area contributed by atoms with Gasteiger partial charge in [-0.15, -0.1) is 0 Å². The van der Waals surface area contributed by atoms with Crippen LogP contribution in [-0.2, 0) is 36.8 Å². The van der Waals surface area contributed by atoms with Gasteiger partial charge in [-0.25, -0.2) is 19.6 Å². The minimum absolute atomic E-state index is 0.146. The van der Waals surface area contributed by atoms with Gasteiger partial charge in [0.05, 0.1) is 62.2 Å². The Morgan fingerprint density at radius 3 is 1.82 bits per heavy atom. The molecule has 1 saturated carbocycles. The minimum Gasteiger partial charge on any atom is -0.453 e. The lowest BCUT2D eigenvalue weighted by Crippen LogP contribution is -2.63. The van der Waals surface area contributed by atoms with E-state index in [1.807, 2.05) is 22.8 Å². The van der Waals surface area contributed by atoms with Gasteiger partial charge in [-0.3, -0.25) is 19.9 Å². The predicted molar refractivity (Wildman–Crippen MR) is 279 cm³/mol. The van der Waals surface area contributed by atoms with Crippen molar-refractivity contribution in [1.29, 1.82) is 5.41 Å². The molecule has 0 spiro atoms. The fraction of sp³-hybridized carbons (Fsp3) is 0.527. The number of halogens is 6. The number of fused-ring (bicyclic) bond motifs is 2. The number of aliphatic hydroxyl groups excluding tert-OH is 1. The number of alkyl carbamates (subject to hydrolysis) is 2. The van der Waals surface area contributed by atoms with Crippen molar-refractivity contribution in [2.45, 2.75) is 127 Å². The van der Waals surface area contributed by atoms with Crippen LogP contribution in [0.2, 0.25) is 0 Å². The zero-order valence-electron chi connectivity index (χ0n) is 44.8. The average Bonchev–Trinajstić information content (AvgIpc) is 4.25. The van der Waals surface area contributed by atoms with E-state index in [1.165, 1.54) is 0 Å². The largest absolute Gasteiger partial charge is 0.453 e. The van der Waals surface area contributed by atoms with Crippen molar-refractivity contribution in [3.8, 4) is 11.8 Å².